The first kappa shape index (κ1) is 16.7. The number of ether oxygens (including phenoxy) is 1. The maximum Gasteiger partial charge on any atom is 0.310 e. The van der Waals surface area contributed by atoms with Crippen LogP contribution in [0.25, 0.3) is 0 Å². The van der Waals surface area contributed by atoms with E-state index in [1.165, 1.54) is 17.5 Å². The fourth-order valence-corrected chi connectivity index (χ4v) is 3.08. The number of amides is 1. The van der Waals surface area contributed by atoms with E-state index < -0.39 is 5.97 Å². The number of benzene rings is 2. The van der Waals surface area contributed by atoms with E-state index in [1.54, 1.807) is 0 Å². The van der Waals surface area contributed by atoms with E-state index in [4.69, 9.17) is 4.74 Å². The number of hydrogen-bond donors (Lipinski definition) is 1. The number of nitrogens with one attached hydrogen (secondary N) is 1. The maximum atomic E-state index is 11.9. The number of hydrogen-bond acceptors (Lipinski definition) is 3. The normalized spacial score (nSPS) is 12.5. The van der Waals surface area contributed by atoms with Gasteiger partial charge in [0.15, 0.2) is 6.61 Å². The van der Waals surface area contributed by atoms with E-state index in [2.05, 4.69) is 27.3 Å². The zero-order chi connectivity index (χ0) is 16.9. The van der Waals surface area contributed by atoms with Gasteiger partial charge in [-0.3, -0.25) is 9.59 Å². The summed E-state index contributed by atoms with van der Waals surface area (Å²) in [7, 11) is 0. The Balaban J connectivity index is 1.46. The average molecular weight is 388 g/mol. The van der Waals surface area contributed by atoms with Crippen molar-refractivity contribution in [2.75, 3.05) is 11.9 Å². The molecule has 0 saturated heterocycles. The molecule has 0 bridgehead atoms. The molecule has 5 heteroatoms. The van der Waals surface area contributed by atoms with Crippen molar-refractivity contribution in [3.63, 3.8) is 0 Å². The summed E-state index contributed by atoms with van der Waals surface area (Å²) >= 11 is 3.34. The fourth-order valence-electron chi connectivity index (χ4n) is 2.81. The minimum atomic E-state index is -0.415. The van der Waals surface area contributed by atoms with Gasteiger partial charge < -0.3 is 10.1 Å². The Bertz CT molecular complexity index is 756. The monoisotopic (exact) mass is 387 g/mol. The van der Waals surface area contributed by atoms with Crippen LogP contribution in [0.3, 0.4) is 0 Å². The third-order valence-corrected chi connectivity index (χ3v) is 4.54. The predicted octanol–water partition coefficient (Wildman–Crippen LogP) is 3.66. The van der Waals surface area contributed by atoms with Gasteiger partial charge in [-0.2, -0.15) is 0 Å². The first-order valence-electron chi connectivity index (χ1n) is 7.92. The minimum Gasteiger partial charge on any atom is -0.455 e. The van der Waals surface area contributed by atoms with Gasteiger partial charge in [-0.1, -0.05) is 34.1 Å². The molecule has 1 aliphatic rings. The van der Waals surface area contributed by atoms with E-state index in [9.17, 15) is 9.59 Å². The number of fused-ring (bicyclic) bond motifs is 1. The van der Waals surface area contributed by atoms with E-state index >= 15 is 0 Å². The molecule has 24 heavy (non-hydrogen) atoms. The molecular formula is C19H18BrNO3. The lowest BCUT2D eigenvalue weighted by atomic mass is 10.1. The van der Waals surface area contributed by atoms with Crippen molar-refractivity contribution in [3.05, 3.63) is 63.6 Å². The molecule has 0 unspecified atom stereocenters. The van der Waals surface area contributed by atoms with Crippen molar-refractivity contribution in [3.8, 4) is 0 Å². The number of carbonyl (C=O) groups excluding carboxylic acids is 2. The molecule has 0 spiro atoms. The molecule has 124 valence electrons. The zero-order valence-corrected chi connectivity index (χ0v) is 14.8. The molecule has 0 aliphatic heterocycles. The van der Waals surface area contributed by atoms with Gasteiger partial charge in [-0.15, -0.1) is 0 Å². The summed E-state index contributed by atoms with van der Waals surface area (Å²) in [6.07, 6.45) is 3.48. The molecule has 0 radical (unpaired) electrons. The molecule has 0 fully saturated rings. The van der Waals surface area contributed by atoms with E-state index in [-0.39, 0.29) is 18.9 Å². The Kier molecular flexibility index (Phi) is 5.30. The van der Waals surface area contributed by atoms with Crippen LogP contribution in [-0.2, 0) is 33.6 Å². The molecule has 3 rings (SSSR count). The largest absolute Gasteiger partial charge is 0.455 e. The summed E-state index contributed by atoms with van der Waals surface area (Å²) in [5, 5.41) is 2.78. The third kappa shape index (κ3) is 4.45. The summed E-state index contributed by atoms with van der Waals surface area (Å²) in [5.41, 5.74) is 4.25. The van der Waals surface area contributed by atoms with Crippen LogP contribution in [0.5, 0.6) is 0 Å². The molecular weight excluding hydrogens is 370 g/mol. The molecule has 4 nitrogen and oxygen atoms in total. The Labute approximate surface area is 149 Å². The first-order valence-corrected chi connectivity index (χ1v) is 8.71. The lowest BCUT2D eigenvalue weighted by Gasteiger charge is -2.08. The number of anilines is 1. The highest BCUT2D eigenvalue weighted by atomic mass is 79.9. The highest BCUT2D eigenvalue weighted by Gasteiger charge is 2.13. The molecule has 0 aromatic heterocycles. The Morgan fingerprint density at radius 2 is 1.79 bits per heavy atom. The quantitative estimate of drug-likeness (QED) is 0.796. The van der Waals surface area contributed by atoms with Gasteiger partial charge in [0.25, 0.3) is 5.91 Å². The Morgan fingerprint density at radius 1 is 1.04 bits per heavy atom. The van der Waals surface area contributed by atoms with Crippen molar-refractivity contribution in [1.29, 1.82) is 0 Å². The number of halogens is 1. The van der Waals surface area contributed by atoms with E-state index in [0.29, 0.717) is 0 Å². The van der Waals surface area contributed by atoms with Crippen LogP contribution in [-0.4, -0.2) is 18.5 Å². The summed E-state index contributed by atoms with van der Waals surface area (Å²) in [6, 6.07) is 13.4. The summed E-state index contributed by atoms with van der Waals surface area (Å²) in [5.74, 6) is -0.737. The highest BCUT2D eigenvalue weighted by molar-refractivity contribution is 9.10. The molecule has 0 heterocycles. The van der Waals surface area contributed by atoms with Gasteiger partial charge in [-0.05, 0) is 60.2 Å². The number of rotatable bonds is 5. The molecule has 1 aliphatic carbocycles. The van der Waals surface area contributed by atoms with Gasteiger partial charge in [0.1, 0.15) is 0 Å². The van der Waals surface area contributed by atoms with Crippen LogP contribution in [0.15, 0.2) is 46.9 Å². The summed E-state index contributed by atoms with van der Waals surface area (Å²) in [4.78, 5) is 23.7. The van der Waals surface area contributed by atoms with Crippen LogP contribution >= 0.6 is 15.9 Å². The summed E-state index contributed by atoms with van der Waals surface area (Å²) in [6.45, 7) is -0.271. The lowest BCUT2D eigenvalue weighted by Crippen LogP contribution is -2.21. The topological polar surface area (TPSA) is 55.4 Å². The minimum absolute atomic E-state index is 0.152. The fraction of sp³-hybridized carbons (Fsp3) is 0.263. The Morgan fingerprint density at radius 3 is 2.58 bits per heavy atom. The average Bonchev–Trinajstić information content (AvgIpc) is 3.03. The van der Waals surface area contributed by atoms with Crippen molar-refractivity contribution in [2.45, 2.75) is 25.7 Å². The SMILES string of the molecule is O=C(COC(=O)Cc1ccc(Br)cc1)Nc1ccc2c(c1)CCC2. The van der Waals surface area contributed by atoms with Gasteiger partial charge in [0, 0.05) is 10.2 Å². The summed E-state index contributed by atoms with van der Waals surface area (Å²) < 4.78 is 5.99. The maximum absolute atomic E-state index is 11.9. The second-order valence-corrected chi connectivity index (χ2v) is 6.76. The molecule has 0 saturated carbocycles. The second kappa shape index (κ2) is 7.62. The van der Waals surface area contributed by atoms with Crippen molar-refractivity contribution in [1.82, 2.24) is 0 Å². The third-order valence-electron chi connectivity index (χ3n) is 4.01. The zero-order valence-electron chi connectivity index (χ0n) is 13.2. The number of carbonyl (C=O) groups is 2. The molecule has 2 aromatic rings. The van der Waals surface area contributed by atoms with Crippen LogP contribution in [0.1, 0.15) is 23.1 Å². The van der Waals surface area contributed by atoms with Gasteiger partial charge in [0.05, 0.1) is 6.42 Å². The van der Waals surface area contributed by atoms with Crippen molar-refractivity contribution in [2.24, 2.45) is 0 Å². The molecule has 1 N–H and O–H groups in total. The van der Waals surface area contributed by atoms with Gasteiger partial charge in [-0.25, -0.2) is 0 Å². The second-order valence-electron chi connectivity index (χ2n) is 5.85. The van der Waals surface area contributed by atoms with Crippen LogP contribution in [0, 0.1) is 0 Å². The predicted molar refractivity (Wildman–Crippen MR) is 95.9 cm³/mol. The smallest absolute Gasteiger partial charge is 0.310 e. The van der Waals surface area contributed by atoms with Crippen LogP contribution < -0.4 is 5.32 Å². The van der Waals surface area contributed by atoms with Crippen molar-refractivity contribution >= 4 is 33.5 Å². The van der Waals surface area contributed by atoms with Crippen molar-refractivity contribution < 1.29 is 14.3 Å². The van der Waals surface area contributed by atoms with Gasteiger partial charge in [0.2, 0.25) is 0 Å². The highest BCUT2D eigenvalue weighted by Crippen LogP contribution is 2.24. The molecule has 1 amide bonds. The number of aryl methyl sites for hydroxylation is 2. The molecule has 2 aromatic carbocycles. The number of esters is 1. The standard InChI is InChI=1S/C19H18BrNO3/c20-16-7-4-13(5-8-16)10-19(23)24-12-18(22)21-17-9-6-14-2-1-3-15(14)11-17/h4-9,11H,1-3,10,12H2,(H,21,22). The lowest BCUT2D eigenvalue weighted by molar-refractivity contribution is -0.146. The molecule has 0 atom stereocenters. The first-order chi connectivity index (χ1) is 11.6. The van der Waals surface area contributed by atoms with E-state index in [0.717, 1.165) is 28.6 Å². The van der Waals surface area contributed by atoms with Crippen LogP contribution in [0.4, 0.5) is 5.69 Å². The van der Waals surface area contributed by atoms with E-state index in [1.807, 2.05) is 36.4 Å². The Hall–Kier alpha value is -2.14. The van der Waals surface area contributed by atoms with Crippen LogP contribution in [0.2, 0.25) is 0 Å². The van der Waals surface area contributed by atoms with Gasteiger partial charge >= 0.3 is 5.97 Å².